The quantitative estimate of drug-likeness (QED) is 0.118. The predicted octanol–water partition coefficient (Wildman–Crippen LogP) is 1.53. The molecule has 1 aliphatic heterocycles. The molecule has 0 spiro atoms. The van der Waals surface area contributed by atoms with Crippen molar-refractivity contribution in [2.75, 3.05) is 31.3 Å². The first kappa shape index (κ1) is 32.3. The van der Waals surface area contributed by atoms with Crippen LogP contribution in [0.5, 0.6) is 0 Å². The molecule has 7 N–H and O–H groups in total. The summed E-state index contributed by atoms with van der Waals surface area (Å²) in [5, 5.41) is 34.3. The summed E-state index contributed by atoms with van der Waals surface area (Å²) in [4.78, 5) is 31.1. The van der Waals surface area contributed by atoms with Gasteiger partial charge in [-0.1, -0.05) is 42.1 Å². The van der Waals surface area contributed by atoms with Gasteiger partial charge in [-0.05, 0) is 32.4 Å². The van der Waals surface area contributed by atoms with Crippen LogP contribution < -0.4 is 16.4 Å². The monoisotopic (exact) mass is 625 g/mol. The highest BCUT2D eigenvalue weighted by Crippen LogP contribution is 2.47. The minimum absolute atomic E-state index is 0.123. The van der Waals surface area contributed by atoms with E-state index in [1.54, 1.807) is 13.8 Å². The molecule has 5 atom stereocenters. The van der Waals surface area contributed by atoms with Gasteiger partial charge in [-0.3, -0.25) is 23.6 Å². The van der Waals surface area contributed by atoms with Crippen molar-refractivity contribution in [2.24, 2.45) is 5.41 Å². The summed E-state index contributed by atoms with van der Waals surface area (Å²) in [5.74, 6) is 0.0191. The Morgan fingerprint density at radius 2 is 2.02 bits per heavy atom. The third kappa shape index (κ3) is 7.13. The summed E-state index contributed by atoms with van der Waals surface area (Å²) in [6.07, 6.45) is -2.36. The number of aliphatic hydroxyl groups is 3. The van der Waals surface area contributed by atoms with Crippen molar-refractivity contribution in [1.82, 2.24) is 19.6 Å². The number of aromatic nitrogens is 3. The second-order valence-electron chi connectivity index (χ2n) is 10.7. The Balaban J connectivity index is 1.46. The van der Waals surface area contributed by atoms with Gasteiger partial charge in [0.05, 0.1) is 30.6 Å². The SMILES string of the molecule is CC(C)(CO)C(=O)SCCOP(=O)(NCc1ccccc1)OC[C@H]1O[C@@H](n2ccc3c(=O)[nH]c(N)nc32)C(C)(O)C1O. The summed E-state index contributed by atoms with van der Waals surface area (Å²) in [6.45, 7) is 3.85. The number of carbonyl (C=O) groups excluding carboxylic acids is 1. The fourth-order valence-corrected chi connectivity index (χ4v) is 6.50. The van der Waals surface area contributed by atoms with Crippen molar-refractivity contribution in [2.45, 2.75) is 51.4 Å². The van der Waals surface area contributed by atoms with Gasteiger partial charge in [-0.15, -0.1) is 0 Å². The Bertz CT molecular complexity index is 1500. The lowest BCUT2D eigenvalue weighted by Crippen LogP contribution is -2.44. The Morgan fingerprint density at radius 3 is 2.71 bits per heavy atom. The molecule has 3 unspecified atom stereocenters. The van der Waals surface area contributed by atoms with Crippen molar-refractivity contribution < 1.29 is 38.5 Å². The van der Waals surface area contributed by atoms with Crippen molar-refractivity contribution in [1.29, 1.82) is 0 Å². The van der Waals surface area contributed by atoms with E-state index in [4.69, 9.17) is 19.5 Å². The smallest absolute Gasteiger partial charge is 0.395 e. The lowest BCUT2D eigenvalue weighted by molar-refractivity contribution is -0.119. The maximum atomic E-state index is 13.7. The van der Waals surface area contributed by atoms with Crippen LogP contribution in [-0.4, -0.2) is 78.4 Å². The number of nitrogens with two attached hydrogens (primary N) is 1. The lowest BCUT2D eigenvalue weighted by atomic mass is 9.96. The molecule has 0 amide bonds. The average molecular weight is 626 g/mol. The third-order valence-electron chi connectivity index (χ3n) is 6.86. The molecule has 0 aliphatic carbocycles. The van der Waals surface area contributed by atoms with Gasteiger partial charge in [0.15, 0.2) is 17.0 Å². The molecular weight excluding hydrogens is 589 g/mol. The van der Waals surface area contributed by atoms with Crippen LogP contribution in [-0.2, 0) is 29.7 Å². The molecule has 14 nitrogen and oxygen atoms in total. The highest BCUT2D eigenvalue weighted by atomic mass is 32.2. The number of nitrogens with zero attached hydrogens (tertiary/aromatic N) is 2. The number of thioether (sulfide) groups is 1. The molecule has 42 heavy (non-hydrogen) atoms. The number of ether oxygens (including phenoxy) is 1. The number of hydrogen-bond acceptors (Lipinski definition) is 12. The van der Waals surface area contributed by atoms with E-state index < -0.39 is 49.4 Å². The van der Waals surface area contributed by atoms with E-state index in [0.717, 1.165) is 17.3 Å². The minimum Gasteiger partial charge on any atom is -0.395 e. The van der Waals surface area contributed by atoms with Gasteiger partial charge >= 0.3 is 7.75 Å². The summed E-state index contributed by atoms with van der Waals surface area (Å²) >= 11 is 0.940. The van der Waals surface area contributed by atoms with Crippen LogP contribution >= 0.6 is 19.5 Å². The summed E-state index contributed by atoms with van der Waals surface area (Å²) in [5.41, 5.74) is 3.38. The zero-order valence-corrected chi connectivity index (χ0v) is 25.1. The third-order valence-corrected chi connectivity index (χ3v) is 9.60. The highest BCUT2D eigenvalue weighted by molar-refractivity contribution is 8.13. The number of rotatable bonds is 13. The first-order valence-corrected chi connectivity index (χ1v) is 15.7. The Kier molecular flexibility index (Phi) is 9.97. The molecule has 0 radical (unpaired) electrons. The number of benzene rings is 1. The fourth-order valence-electron chi connectivity index (χ4n) is 4.26. The van der Waals surface area contributed by atoms with E-state index in [2.05, 4.69) is 15.1 Å². The fraction of sp³-hybridized carbons (Fsp3) is 0.500. The van der Waals surface area contributed by atoms with E-state index in [0.29, 0.717) is 0 Å². The number of anilines is 1. The number of aliphatic hydroxyl groups excluding tert-OH is 2. The second kappa shape index (κ2) is 13.0. The van der Waals surface area contributed by atoms with Gasteiger partial charge in [0.1, 0.15) is 17.8 Å². The predicted molar refractivity (Wildman–Crippen MR) is 156 cm³/mol. The number of carbonyl (C=O) groups is 1. The maximum absolute atomic E-state index is 13.7. The number of nitrogen functional groups attached to an aromatic ring is 1. The first-order valence-electron chi connectivity index (χ1n) is 13.2. The normalized spacial score (nSPS) is 24.2. The van der Waals surface area contributed by atoms with Crippen LogP contribution in [0.4, 0.5) is 5.95 Å². The van der Waals surface area contributed by atoms with Gasteiger partial charge in [-0.2, -0.15) is 4.98 Å². The Hall–Kier alpha value is -2.59. The molecule has 1 saturated heterocycles. The van der Waals surface area contributed by atoms with Crippen molar-refractivity contribution in [3.63, 3.8) is 0 Å². The molecule has 4 rings (SSSR count). The van der Waals surface area contributed by atoms with Crippen LogP contribution in [0.25, 0.3) is 11.0 Å². The average Bonchev–Trinajstić information content (AvgIpc) is 3.47. The summed E-state index contributed by atoms with van der Waals surface area (Å²) in [7, 11) is -4.02. The second-order valence-corrected chi connectivity index (χ2v) is 13.6. The molecular formula is C26H36N5O9PS. The Labute approximate surface area is 246 Å². The van der Waals surface area contributed by atoms with Crippen LogP contribution in [0.2, 0.25) is 0 Å². The first-order chi connectivity index (χ1) is 19.8. The lowest BCUT2D eigenvalue weighted by Gasteiger charge is -2.27. The molecule has 0 bridgehead atoms. The van der Waals surface area contributed by atoms with Crippen LogP contribution in [0, 0.1) is 5.41 Å². The van der Waals surface area contributed by atoms with E-state index in [9.17, 15) is 29.5 Å². The molecule has 1 fully saturated rings. The van der Waals surface area contributed by atoms with Crippen molar-refractivity contribution >= 4 is 41.6 Å². The number of nitrogens with one attached hydrogen (secondary N) is 2. The standard InChI is InChI=1S/C26H36N5O9PS/c1-25(2,15-32)23(35)42-12-11-38-41(37,28-13-16-7-5-4-6-8-16)39-14-18-19(33)26(3,36)22(40-18)31-10-9-17-20(31)29-24(27)30-21(17)34/h4-10,18-19,22,32-33,36H,11-15H2,1-3H3,(H,28,37)(H3,27,29,30,34)/t18-,19?,22-,26?,41?/m1/s1. The van der Waals surface area contributed by atoms with Gasteiger partial charge < -0.3 is 30.4 Å². The van der Waals surface area contributed by atoms with Crippen LogP contribution in [0.15, 0.2) is 47.4 Å². The molecule has 2 aromatic heterocycles. The number of fused-ring (bicyclic) bond motifs is 1. The Morgan fingerprint density at radius 1 is 1.31 bits per heavy atom. The molecule has 0 saturated carbocycles. The van der Waals surface area contributed by atoms with Gasteiger partial charge in [0.25, 0.3) is 5.56 Å². The molecule has 16 heteroatoms. The number of hydrogen-bond donors (Lipinski definition) is 6. The van der Waals surface area contributed by atoms with E-state index in [1.807, 2.05) is 30.3 Å². The molecule has 1 aromatic carbocycles. The van der Waals surface area contributed by atoms with Gasteiger partial charge in [0.2, 0.25) is 5.95 Å². The molecule has 1 aliphatic rings. The number of aromatic amines is 1. The summed E-state index contributed by atoms with van der Waals surface area (Å²) in [6, 6.07) is 10.6. The molecule has 230 valence electrons. The van der Waals surface area contributed by atoms with Gasteiger partial charge in [0, 0.05) is 18.5 Å². The largest absolute Gasteiger partial charge is 0.405 e. The van der Waals surface area contributed by atoms with Crippen LogP contribution in [0.1, 0.15) is 32.6 Å². The van der Waals surface area contributed by atoms with Gasteiger partial charge in [-0.25, -0.2) is 9.65 Å². The zero-order chi connectivity index (χ0) is 30.7. The maximum Gasteiger partial charge on any atom is 0.405 e. The zero-order valence-electron chi connectivity index (χ0n) is 23.4. The van der Waals surface area contributed by atoms with E-state index >= 15 is 0 Å². The summed E-state index contributed by atoms with van der Waals surface area (Å²) < 4.78 is 32.3. The van der Waals surface area contributed by atoms with Crippen molar-refractivity contribution in [3.8, 4) is 0 Å². The highest BCUT2D eigenvalue weighted by Gasteiger charge is 2.54. The molecule has 3 heterocycles. The topological polar surface area (TPSA) is 211 Å². The van der Waals surface area contributed by atoms with E-state index in [1.165, 1.54) is 23.8 Å². The molecule has 3 aromatic rings. The van der Waals surface area contributed by atoms with Crippen LogP contribution in [0.3, 0.4) is 0 Å². The minimum atomic E-state index is -4.02. The number of H-pyrrole nitrogens is 1. The van der Waals surface area contributed by atoms with E-state index in [-0.39, 0.29) is 47.6 Å². The van der Waals surface area contributed by atoms with Crippen molar-refractivity contribution in [3.05, 3.63) is 58.5 Å².